The fourth-order valence-electron chi connectivity index (χ4n) is 4.99. The van der Waals surface area contributed by atoms with Crippen LogP contribution >= 0.6 is 0 Å². The van der Waals surface area contributed by atoms with E-state index in [-0.39, 0.29) is 35.2 Å². The van der Waals surface area contributed by atoms with Crippen molar-refractivity contribution in [2.24, 2.45) is 5.92 Å². The summed E-state index contributed by atoms with van der Waals surface area (Å²) in [5.74, 6) is -0.225. The molecule has 2 saturated heterocycles. The highest BCUT2D eigenvalue weighted by Gasteiger charge is 2.34. The van der Waals surface area contributed by atoms with Crippen LogP contribution in [0.1, 0.15) is 64.2 Å². The molecule has 1 aromatic carbocycles. The van der Waals surface area contributed by atoms with Gasteiger partial charge in [-0.3, -0.25) is 9.59 Å². The molecule has 2 amide bonds. The number of rotatable bonds is 5. The Balaban J connectivity index is 1.40. The third kappa shape index (κ3) is 5.12. The van der Waals surface area contributed by atoms with E-state index in [0.717, 1.165) is 44.2 Å². The molecule has 8 heteroatoms. The predicted octanol–water partition coefficient (Wildman–Crippen LogP) is 3.05. The standard InChI is InChI=1S/C23H33N3O4S/c27-22-10-6-16-26(22)20-11-13-21(14-12-20)31(29,30)25-15-5-7-18(17-25)23(28)24-19-8-3-1-2-4-9-19/h11-14,18-19H,1-10,15-17H2,(H,24,28)/t18-/m0/s1. The van der Waals surface area contributed by atoms with Crippen LogP contribution in [0, 0.1) is 5.92 Å². The molecule has 2 heterocycles. The first-order chi connectivity index (χ1) is 14.9. The van der Waals surface area contributed by atoms with Gasteiger partial charge in [0.25, 0.3) is 0 Å². The third-order valence-corrected chi connectivity index (χ3v) is 8.70. The van der Waals surface area contributed by atoms with Crippen LogP contribution in [0.4, 0.5) is 5.69 Å². The molecule has 170 valence electrons. The predicted molar refractivity (Wildman–Crippen MR) is 119 cm³/mol. The van der Waals surface area contributed by atoms with Crippen molar-refractivity contribution in [1.82, 2.24) is 9.62 Å². The number of hydrogen-bond donors (Lipinski definition) is 1. The van der Waals surface area contributed by atoms with E-state index in [0.29, 0.717) is 25.9 Å². The Morgan fingerprint density at radius 3 is 2.26 bits per heavy atom. The van der Waals surface area contributed by atoms with Gasteiger partial charge in [0.1, 0.15) is 0 Å². The fourth-order valence-corrected chi connectivity index (χ4v) is 6.51. The number of hydrogen-bond acceptors (Lipinski definition) is 4. The molecule has 4 rings (SSSR count). The Kier molecular flexibility index (Phi) is 6.96. The second kappa shape index (κ2) is 9.69. The Labute approximate surface area is 185 Å². The molecule has 0 bridgehead atoms. The van der Waals surface area contributed by atoms with E-state index in [1.165, 1.54) is 17.1 Å². The highest BCUT2D eigenvalue weighted by molar-refractivity contribution is 7.89. The van der Waals surface area contributed by atoms with Crippen LogP contribution in [-0.4, -0.2) is 50.2 Å². The Morgan fingerprint density at radius 1 is 0.903 bits per heavy atom. The molecule has 3 aliphatic rings. The van der Waals surface area contributed by atoms with Gasteiger partial charge in [0.2, 0.25) is 21.8 Å². The molecular formula is C23H33N3O4S. The van der Waals surface area contributed by atoms with Crippen molar-refractivity contribution < 1.29 is 18.0 Å². The van der Waals surface area contributed by atoms with Gasteiger partial charge in [0.15, 0.2) is 0 Å². The Bertz CT molecular complexity index is 892. The number of nitrogens with one attached hydrogen (secondary N) is 1. The number of sulfonamides is 1. The van der Waals surface area contributed by atoms with Crippen LogP contribution in [0.15, 0.2) is 29.2 Å². The summed E-state index contributed by atoms with van der Waals surface area (Å²) in [6.45, 7) is 1.34. The van der Waals surface area contributed by atoms with Gasteiger partial charge in [-0.15, -0.1) is 0 Å². The highest BCUT2D eigenvalue weighted by Crippen LogP contribution is 2.27. The second-order valence-corrected chi connectivity index (χ2v) is 11.0. The van der Waals surface area contributed by atoms with Gasteiger partial charge in [-0.05, 0) is 56.4 Å². The van der Waals surface area contributed by atoms with Gasteiger partial charge in [0, 0.05) is 37.8 Å². The average Bonchev–Trinajstić information content (AvgIpc) is 3.04. The van der Waals surface area contributed by atoms with Gasteiger partial charge >= 0.3 is 0 Å². The van der Waals surface area contributed by atoms with Crippen molar-refractivity contribution in [3.8, 4) is 0 Å². The van der Waals surface area contributed by atoms with Crippen molar-refractivity contribution >= 4 is 27.5 Å². The zero-order chi connectivity index (χ0) is 21.8. The summed E-state index contributed by atoms with van der Waals surface area (Å²) in [5, 5.41) is 3.19. The molecule has 1 atom stereocenters. The van der Waals surface area contributed by atoms with E-state index in [9.17, 15) is 18.0 Å². The van der Waals surface area contributed by atoms with E-state index in [1.54, 1.807) is 29.2 Å². The van der Waals surface area contributed by atoms with E-state index in [2.05, 4.69) is 5.32 Å². The lowest BCUT2D eigenvalue weighted by Gasteiger charge is -2.32. The first-order valence-corrected chi connectivity index (χ1v) is 13.1. The van der Waals surface area contributed by atoms with Gasteiger partial charge in [0.05, 0.1) is 10.8 Å². The summed E-state index contributed by atoms with van der Waals surface area (Å²) in [7, 11) is -3.67. The van der Waals surface area contributed by atoms with Crippen LogP contribution in [0.5, 0.6) is 0 Å². The monoisotopic (exact) mass is 447 g/mol. The van der Waals surface area contributed by atoms with Crippen LogP contribution in [0.25, 0.3) is 0 Å². The van der Waals surface area contributed by atoms with E-state index < -0.39 is 10.0 Å². The molecule has 1 N–H and O–H groups in total. The smallest absolute Gasteiger partial charge is 0.243 e. The largest absolute Gasteiger partial charge is 0.353 e. The van der Waals surface area contributed by atoms with E-state index >= 15 is 0 Å². The highest BCUT2D eigenvalue weighted by atomic mass is 32.2. The summed E-state index contributed by atoms with van der Waals surface area (Å²) in [4.78, 5) is 26.7. The van der Waals surface area contributed by atoms with Crippen molar-refractivity contribution in [2.45, 2.75) is 75.1 Å². The van der Waals surface area contributed by atoms with E-state index in [1.807, 2.05) is 0 Å². The molecule has 1 aromatic rings. The SMILES string of the molecule is O=C(NC1CCCCCC1)[C@H]1CCCN(S(=O)(=O)c2ccc(N3CCCC3=O)cc2)C1. The molecule has 31 heavy (non-hydrogen) atoms. The first-order valence-electron chi connectivity index (χ1n) is 11.7. The third-order valence-electron chi connectivity index (χ3n) is 6.82. The normalized spacial score (nSPS) is 24.2. The summed E-state index contributed by atoms with van der Waals surface area (Å²) < 4.78 is 27.9. The number of nitrogens with zero attached hydrogens (tertiary/aromatic N) is 2. The Hall–Kier alpha value is -1.93. The van der Waals surface area contributed by atoms with Crippen LogP contribution < -0.4 is 10.2 Å². The van der Waals surface area contributed by atoms with Crippen molar-refractivity contribution in [3.05, 3.63) is 24.3 Å². The zero-order valence-corrected chi connectivity index (χ0v) is 18.9. The zero-order valence-electron chi connectivity index (χ0n) is 18.1. The molecule has 7 nitrogen and oxygen atoms in total. The maximum absolute atomic E-state index is 13.2. The van der Waals surface area contributed by atoms with Gasteiger partial charge < -0.3 is 10.2 Å². The maximum Gasteiger partial charge on any atom is 0.243 e. The minimum Gasteiger partial charge on any atom is -0.353 e. The summed E-state index contributed by atoms with van der Waals surface area (Å²) in [5.41, 5.74) is 0.737. The molecular weight excluding hydrogens is 414 g/mol. The molecule has 0 unspecified atom stereocenters. The number of amides is 2. The van der Waals surface area contributed by atoms with Crippen molar-refractivity contribution in [1.29, 1.82) is 0 Å². The summed E-state index contributed by atoms with van der Waals surface area (Å²) in [6, 6.07) is 6.78. The summed E-state index contributed by atoms with van der Waals surface area (Å²) in [6.07, 6.45) is 9.57. The number of carbonyl (C=O) groups excluding carboxylic acids is 2. The topological polar surface area (TPSA) is 86.8 Å². The first kappa shape index (κ1) is 22.3. The lowest BCUT2D eigenvalue weighted by molar-refractivity contribution is -0.126. The Morgan fingerprint density at radius 2 is 1.61 bits per heavy atom. The maximum atomic E-state index is 13.2. The minimum absolute atomic E-state index is 0.00491. The number of piperidine rings is 1. The van der Waals surface area contributed by atoms with Crippen LogP contribution in [0.2, 0.25) is 0 Å². The molecule has 2 aliphatic heterocycles. The van der Waals surface area contributed by atoms with Crippen LogP contribution in [-0.2, 0) is 19.6 Å². The lowest BCUT2D eigenvalue weighted by atomic mass is 9.97. The molecule has 0 spiro atoms. The molecule has 0 aromatic heterocycles. The lowest BCUT2D eigenvalue weighted by Crippen LogP contribution is -2.47. The second-order valence-electron chi connectivity index (χ2n) is 9.04. The molecule has 0 radical (unpaired) electrons. The summed E-state index contributed by atoms with van der Waals surface area (Å²) >= 11 is 0. The minimum atomic E-state index is -3.67. The van der Waals surface area contributed by atoms with Gasteiger partial charge in [-0.1, -0.05) is 25.7 Å². The average molecular weight is 448 g/mol. The van der Waals surface area contributed by atoms with Crippen LogP contribution in [0.3, 0.4) is 0 Å². The number of carbonyl (C=O) groups is 2. The number of anilines is 1. The van der Waals surface area contributed by atoms with E-state index in [4.69, 9.17) is 0 Å². The molecule has 1 saturated carbocycles. The molecule has 3 fully saturated rings. The number of benzene rings is 1. The van der Waals surface area contributed by atoms with Gasteiger partial charge in [-0.25, -0.2) is 8.42 Å². The van der Waals surface area contributed by atoms with Crippen molar-refractivity contribution in [2.75, 3.05) is 24.5 Å². The van der Waals surface area contributed by atoms with Crippen molar-refractivity contribution in [3.63, 3.8) is 0 Å². The molecule has 1 aliphatic carbocycles. The quantitative estimate of drug-likeness (QED) is 0.703. The van der Waals surface area contributed by atoms with Gasteiger partial charge in [-0.2, -0.15) is 4.31 Å². The fraction of sp³-hybridized carbons (Fsp3) is 0.652.